The van der Waals surface area contributed by atoms with Crippen molar-refractivity contribution >= 4 is 15.7 Å². The highest BCUT2D eigenvalue weighted by atomic mass is 32.2. The van der Waals surface area contributed by atoms with Gasteiger partial charge in [-0.25, -0.2) is 8.42 Å². The predicted molar refractivity (Wildman–Crippen MR) is 117 cm³/mol. The van der Waals surface area contributed by atoms with Crippen LogP contribution >= 0.6 is 0 Å². The van der Waals surface area contributed by atoms with Gasteiger partial charge in [-0.3, -0.25) is 10.1 Å². The van der Waals surface area contributed by atoms with Gasteiger partial charge in [0, 0.05) is 23.7 Å². The van der Waals surface area contributed by atoms with Crippen molar-refractivity contribution in [2.24, 2.45) is 0 Å². The SMILES string of the molecule is Cc1cccc(-c2noc(CN(C3CCCCC3)S(=O)(=O)c3cccc([N+](=O)[O-])c3)n2)c1. The number of nitro benzene ring substituents is 1. The third kappa shape index (κ3) is 4.71. The standard InChI is InChI=1S/C22H24N4O5S/c1-16-7-5-8-17(13-16)22-23-21(31-24-22)15-25(18-9-3-2-4-10-18)32(29,30)20-12-6-11-19(14-20)26(27)28/h5-8,11-14,18H,2-4,9-10,15H2,1H3. The van der Waals surface area contributed by atoms with E-state index in [-0.39, 0.29) is 29.1 Å². The minimum Gasteiger partial charge on any atom is -0.338 e. The van der Waals surface area contributed by atoms with Gasteiger partial charge in [-0.05, 0) is 31.9 Å². The summed E-state index contributed by atoms with van der Waals surface area (Å²) in [5.41, 5.74) is 1.56. The molecule has 0 atom stereocenters. The van der Waals surface area contributed by atoms with Gasteiger partial charge < -0.3 is 4.52 Å². The van der Waals surface area contributed by atoms with E-state index in [0.29, 0.717) is 18.7 Å². The summed E-state index contributed by atoms with van der Waals surface area (Å²) in [5.74, 6) is 0.570. The number of hydrogen-bond acceptors (Lipinski definition) is 7. The van der Waals surface area contributed by atoms with Gasteiger partial charge in [0.25, 0.3) is 5.69 Å². The smallest absolute Gasteiger partial charge is 0.270 e. The summed E-state index contributed by atoms with van der Waals surface area (Å²) >= 11 is 0. The molecule has 9 nitrogen and oxygen atoms in total. The van der Waals surface area contributed by atoms with Gasteiger partial charge in [-0.2, -0.15) is 9.29 Å². The van der Waals surface area contributed by atoms with Crippen molar-refractivity contribution in [3.05, 3.63) is 70.1 Å². The average Bonchev–Trinajstić information content (AvgIpc) is 3.27. The van der Waals surface area contributed by atoms with E-state index in [0.717, 1.165) is 36.5 Å². The van der Waals surface area contributed by atoms with Crippen molar-refractivity contribution in [3.63, 3.8) is 0 Å². The van der Waals surface area contributed by atoms with E-state index in [9.17, 15) is 18.5 Å². The number of benzene rings is 2. The van der Waals surface area contributed by atoms with E-state index in [1.165, 1.54) is 22.5 Å². The zero-order chi connectivity index (χ0) is 22.7. The molecule has 1 aliphatic rings. The molecule has 1 fully saturated rings. The van der Waals surface area contributed by atoms with E-state index in [2.05, 4.69) is 10.1 Å². The molecule has 1 aromatic heterocycles. The predicted octanol–water partition coefficient (Wildman–Crippen LogP) is 4.48. The van der Waals surface area contributed by atoms with Crippen molar-refractivity contribution < 1.29 is 17.9 Å². The maximum Gasteiger partial charge on any atom is 0.270 e. The Kier molecular flexibility index (Phi) is 6.33. The summed E-state index contributed by atoms with van der Waals surface area (Å²) in [5, 5.41) is 15.2. The highest BCUT2D eigenvalue weighted by Crippen LogP contribution is 2.31. The summed E-state index contributed by atoms with van der Waals surface area (Å²) in [6, 6.07) is 12.5. The Morgan fingerprint density at radius 1 is 1.12 bits per heavy atom. The van der Waals surface area contributed by atoms with Gasteiger partial charge >= 0.3 is 0 Å². The van der Waals surface area contributed by atoms with Crippen LogP contribution in [0.5, 0.6) is 0 Å². The van der Waals surface area contributed by atoms with Crippen LogP contribution in [0.2, 0.25) is 0 Å². The lowest BCUT2D eigenvalue weighted by atomic mass is 9.95. The molecule has 3 aromatic rings. The molecule has 10 heteroatoms. The van der Waals surface area contributed by atoms with E-state index in [1.807, 2.05) is 31.2 Å². The Balaban J connectivity index is 1.67. The fourth-order valence-corrected chi connectivity index (χ4v) is 5.70. The van der Waals surface area contributed by atoms with Gasteiger partial charge in [0.1, 0.15) is 0 Å². The molecule has 1 heterocycles. The van der Waals surface area contributed by atoms with Crippen LogP contribution in [0.4, 0.5) is 5.69 Å². The number of nitrogens with zero attached hydrogens (tertiary/aromatic N) is 4. The number of sulfonamides is 1. The fraction of sp³-hybridized carbons (Fsp3) is 0.364. The number of aromatic nitrogens is 2. The van der Waals surface area contributed by atoms with Gasteiger partial charge in [0.2, 0.25) is 21.7 Å². The van der Waals surface area contributed by atoms with Gasteiger partial charge in [0.15, 0.2) is 0 Å². The van der Waals surface area contributed by atoms with Crippen LogP contribution in [0.25, 0.3) is 11.4 Å². The molecule has 4 rings (SSSR count). The first-order valence-electron chi connectivity index (χ1n) is 10.5. The molecule has 1 saturated carbocycles. The maximum absolute atomic E-state index is 13.5. The number of non-ortho nitro benzene ring substituents is 1. The van der Waals surface area contributed by atoms with Crippen molar-refractivity contribution in [1.29, 1.82) is 0 Å². The zero-order valence-electron chi connectivity index (χ0n) is 17.7. The number of aryl methyl sites for hydroxylation is 1. The van der Waals surface area contributed by atoms with E-state index < -0.39 is 14.9 Å². The minimum atomic E-state index is -4.02. The van der Waals surface area contributed by atoms with Crippen LogP contribution in [-0.4, -0.2) is 33.8 Å². The quantitative estimate of drug-likeness (QED) is 0.380. The second-order valence-corrected chi connectivity index (χ2v) is 9.87. The molecule has 0 amide bonds. The third-order valence-corrected chi connectivity index (χ3v) is 7.55. The molecule has 168 valence electrons. The summed E-state index contributed by atoms with van der Waals surface area (Å²) in [6.07, 6.45) is 4.33. The topological polar surface area (TPSA) is 119 Å². The number of hydrogen-bond donors (Lipinski definition) is 0. The first-order valence-corrected chi connectivity index (χ1v) is 11.9. The van der Waals surface area contributed by atoms with Crippen LogP contribution in [0.3, 0.4) is 0 Å². The molecule has 0 N–H and O–H groups in total. The summed E-state index contributed by atoms with van der Waals surface area (Å²) < 4.78 is 33.8. The lowest BCUT2D eigenvalue weighted by molar-refractivity contribution is -0.385. The normalized spacial score (nSPS) is 15.2. The highest BCUT2D eigenvalue weighted by Gasteiger charge is 2.34. The minimum absolute atomic E-state index is 0.0888. The Hall–Kier alpha value is -3.11. The second-order valence-electron chi connectivity index (χ2n) is 7.98. The maximum atomic E-state index is 13.5. The van der Waals surface area contributed by atoms with Crippen molar-refractivity contribution in [1.82, 2.24) is 14.4 Å². The Bertz CT molecular complexity index is 1220. The first-order chi connectivity index (χ1) is 15.3. The number of nitro groups is 1. The zero-order valence-corrected chi connectivity index (χ0v) is 18.5. The van der Waals surface area contributed by atoms with Crippen LogP contribution in [-0.2, 0) is 16.6 Å². The van der Waals surface area contributed by atoms with Crippen molar-refractivity contribution in [3.8, 4) is 11.4 Å². The Morgan fingerprint density at radius 2 is 1.88 bits per heavy atom. The molecule has 0 spiro atoms. The number of rotatable bonds is 7. The third-order valence-electron chi connectivity index (χ3n) is 5.65. The molecule has 0 saturated heterocycles. The highest BCUT2D eigenvalue weighted by molar-refractivity contribution is 7.89. The second kappa shape index (κ2) is 9.17. The molecule has 2 aromatic carbocycles. The van der Waals surface area contributed by atoms with Gasteiger partial charge in [-0.15, -0.1) is 0 Å². The molecular formula is C22H24N4O5S. The molecule has 0 aliphatic heterocycles. The summed E-state index contributed by atoms with van der Waals surface area (Å²) in [6.45, 7) is 1.87. The van der Waals surface area contributed by atoms with E-state index in [4.69, 9.17) is 4.52 Å². The lowest BCUT2D eigenvalue weighted by Crippen LogP contribution is -2.41. The van der Waals surface area contributed by atoms with E-state index >= 15 is 0 Å². The van der Waals surface area contributed by atoms with Crippen LogP contribution in [0, 0.1) is 17.0 Å². The van der Waals surface area contributed by atoms with Crippen molar-refractivity contribution in [2.75, 3.05) is 0 Å². The lowest BCUT2D eigenvalue weighted by Gasteiger charge is -2.32. The first kappa shape index (κ1) is 22.1. The van der Waals surface area contributed by atoms with Gasteiger partial charge in [0.05, 0.1) is 16.4 Å². The van der Waals surface area contributed by atoms with Crippen molar-refractivity contribution in [2.45, 2.75) is 56.5 Å². The molecule has 0 unspecified atom stereocenters. The molecule has 0 radical (unpaired) electrons. The van der Waals surface area contributed by atoms with Crippen LogP contribution in [0.1, 0.15) is 43.6 Å². The van der Waals surface area contributed by atoms with Gasteiger partial charge in [-0.1, -0.05) is 54.2 Å². The largest absolute Gasteiger partial charge is 0.338 e. The molecule has 32 heavy (non-hydrogen) atoms. The monoisotopic (exact) mass is 456 g/mol. The Labute approximate surface area is 186 Å². The molecule has 1 aliphatic carbocycles. The molecule has 0 bridgehead atoms. The molecular weight excluding hydrogens is 432 g/mol. The fourth-order valence-electron chi connectivity index (χ4n) is 4.03. The summed E-state index contributed by atoms with van der Waals surface area (Å²) in [7, 11) is -4.02. The van der Waals surface area contributed by atoms with Crippen LogP contribution < -0.4 is 0 Å². The van der Waals surface area contributed by atoms with Crippen LogP contribution in [0.15, 0.2) is 57.9 Å². The average molecular weight is 457 g/mol. The van der Waals surface area contributed by atoms with E-state index in [1.54, 1.807) is 0 Å². The Morgan fingerprint density at radius 3 is 2.59 bits per heavy atom. The summed E-state index contributed by atoms with van der Waals surface area (Å²) in [4.78, 5) is 14.9.